The predicted octanol–water partition coefficient (Wildman–Crippen LogP) is -0.770. The molecule has 0 spiro atoms. The van der Waals surface area contributed by atoms with Crippen LogP contribution >= 0.6 is 0 Å². The summed E-state index contributed by atoms with van der Waals surface area (Å²) in [7, 11) is 0. The molecule has 1 unspecified atom stereocenters. The number of hydrogen-bond donors (Lipinski definition) is 1. The molecule has 0 bridgehead atoms. The molecule has 3 heteroatoms. The largest absolute Gasteiger partial charge is 1.00 e. The van der Waals surface area contributed by atoms with Crippen molar-refractivity contribution in [1.29, 1.82) is 0 Å². The molecule has 1 N–H and O–H groups in total. The second kappa shape index (κ2) is 8.66. The van der Waals surface area contributed by atoms with Crippen molar-refractivity contribution in [2.75, 3.05) is 5.75 Å². The molecule has 1 atom stereocenters. The van der Waals surface area contributed by atoms with Crippen LogP contribution in [-0.2, 0) is 19.0 Å². The predicted molar refractivity (Wildman–Crippen MR) is 62.4 cm³/mol. The monoisotopic (exact) mass is 232 g/mol. The zero-order valence-electron chi connectivity index (χ0n) is 9.57. The molecule has 0 aromatic heterocycles. The minimum atomic E-state index is -0.296. The summed E-state index contributed by atoms with van der Waals surface area (Å²) >= 11 is 4.77. The van der Waals surface area contributed by atoms with E-state index >= 15 is 0 Å². The van der Waals surface area contributed by atoms with Gasteiger partial charge in [0.05, 0.1) is 0 Å². The molecule has 0 radical (unpaired) electrons. The van der Waals surface area contributed by atoms with Crippen molar-refractivity contribution in [3.8, 4) is 0 Å². The third kappa shape index (κ3) is 6.64. The Morgan fingerprint density at radius 3 is 2.40 bits per heavy atom. The van der Waals surface area contributed by atoms with E-state index in [1.165, 1.54) is 11.1 Å². The molecule has 0 aliphatic heterocycles. The van der Waals surface area contributed by atoms with Crippen LogP contribution in [0.2, 0.25) is 0 Å². The smallest absolute Gasteiger partial charge is 0.790 e. The van der Waals surface area contributed by atoms with E-state index in [0.717, 1.165) is 19.3 Å². The van der Waals surface area contributed by atoms with Crippen LogP contribution in [0, 0.1) is 6.92 Å². The van der Waals surface area contributed by atoms with Gasteiger partial charge in [0.15, 0.2) is 0 Å². The number of hydrogen-bond acceptors (Lipinski definition) is 2. The van der Waals surface area contributed by atoms with Gasteiger partial charge in [0.2, 0.25) is 0 Å². The fraction of sp³-hybridized carbons (Fsp3) is 0.500. The third-order valence-electron chi connectivity index (χ3n) is 2.32. The molecule has 0 aliphatic rings. The number of rotatable bonds is 5. The van der Waals surface area contributed by atoms with Crippen LogP contribution in [0.1, 0.15) is 24.0 Å². The van der Waals surface area contributed by atoms with E-state index < -0.39 is 0 Å². The molecule has 0 aliphatic carbocycles. The Morgan fingerprint density at radius 2 is 1.87 bits per heavy atom. The van der Waals surface area contributed by atoms with Crippen LogP contribution < -0.4 is 29.6 Å². The topological polar surface area (TPSA) is 20.2 Å². The SMILES string of the molecule is Cc1ccc(CCCC(O)C[S-])cc1.[Na+]. The Bertz CT molecular complexity index is 261. The van der Waals surface area contributed by atoms with Gasteiger partial charge in [-0.3, -0.25) is 0 Å². The van der Waals surface area contributed by atoms with Gasteiger partial charge < -0.3 is 17.7 Å². The van der Waals surface area contributed by atoms with Crippen LogP contribution in [-0.4, -0.2) is 17.0 Å². The molecular weight excluding hydrogens is 215 g/mol. The van der Waals surface area contributed by atoms with E-state index in [4.69, 9.17) is 12.6 Å². The van der Waals surface area contributed by atoms with Crippen LogP contribution in [0.25, 0.3) is 0 Å². The number of aliphatic hydroxyl groups is 1. The third-order valence-corrected chi connectivity index (χ3v) is 2.70. The van der Waals surface area contributed by atoms with E-state index in [9.17, 15) is 5.11 Å². The summed E-state index contributed by atoms with van der Waals surface area (Å²) in [6, 6.07) is 8.54. The summed E-state index contributed by atoms with van der Waals surface area (Å²) in [4.78, 5) is 0. The molecule has 0 heterocycles. The van der Waals surface area contributed by atoms with Gasteiger partial charge in [0.1, 0.15) is 0 Å². The van der Waals surface area contributed by atoms with E-state index in [1.807, 2.05) is 0 Å². The minimum Gasteiger partial charge on any atom is -0.790 e. The van der Waals surface area contributed by atoms with Gasteiger partial charge >= 0.3 is 29.6 Å². The Labute approximate surface area is 120 Å². The van der Waals surface area contributed by atoms with Crippen molar-refractivity contribution in [3.05, 3.63) is 35.4 Å². The summed E-state index contributed by atoms with van der Waals surface area (Å²) in [5, 5.41) is 9.28. The van der Waals surface area contributed by atoms with Gasteiger partial charge in [0.25, 0.3) is 0 Å². The van der Waals surface area contributed by atoms with Gasteiger partial charge in [-0.1, -0.05) is 29.8 Å². The number of aliphatic hydroxyl groups excluding tert-OH is 1. The average molecular weight is 232 g/mol. The van der Waals surface area contributed by atoms with Crippen molar-refractivity contribution in [1.82, 2.24) is 0 Å². The van der Waals surface area contributed by atoms with Crippen molar-refractivity contribution >= 4 is 12.6 Å². The van der Waals surface area contributed by atoms with Crippen molar-refractivity contribution in [2.45, 2.75) is 32.3 Å². The maximum atomic E-state index is 9.28. The molecule has 1 nitrogen and oxygen atoms in total. The summed E-state index contributed by atoms with van der Waals surface area (Å²) in [6.07, 6.45) is 2.57. The fourth-order valence-corrected chi connectivity index (χ4v) is 1.55. The molecular formula is C12H17NaOS. The van der Waals surface area contributed by atoms with Crippen LogP contribution in [0.15, 0.2) is 24.3 Å². The van der Waals surface area contributed by atoms with Crippen LogP contribution in [0.3, 0.4) is 0 Å². The second-order valence-corrected chi connectivity index (χ2v) is 4.03. The van der Waals surface area contributed by atoms with Gasteiger partial charge in [-0.05, 0) is 31.7 Å². The first-order chi connectivity index (χ1) is 6.72. The molecule has 0 amide bonds. The standard InChI is InChI=1S/C12H18OS.Na/c1-10-5-7-11(8-6-10)3-2-4-12(13)9-14;/h5-8,12-14H,2-4,9H2,1H3;/q;+1/p-1. The Hall–Kier alpha value is 0.530. The van der Waals surface area contributed by atoms with Gasteiger partial charge in [0, 0.05) is 6.10 Å². The van der Waals surface area contributed by atoms with Gasteiger partial charge in [-0.25, -0.2) is 0 Å². The summed E-state index contributed by atoms with van der Waals surface area (Å²) in [5.41, 5.74) is 2.63. The molecule has 0 fully saturated rings. The molecule has 15 heavy (non-hydrogen) atoms. The van der Waals surface area contributed by atoms with E-state index in [0.29, 0.717) is 5.75 Å². The number of aryl methyl sites for hydroxylation is 2. The zero-order chi connectivity index (χ0) is 10.4. The van der Waals surface area contributed by atoms with Gasteiger partial charge in [-0.2, -0.15) is 0 Å². The minimum absolute atomic E-state index is 0. The first-order valence-corrected chi connectivity index (χ1v) is 5.62. The maximum Gasteiger partial charge on any atom is 1.00 e. The quantitative estimate of drug-likeness (QED) is 0.531. The average Bonchev–Trinajstić information content (AvgIpc) is 2.21. The van der Waals surface area contributed by atoms with E-state index in [-0.39, 0.29) is 35.7 Å². The summed E-state index contributed by atoms with van der Waals surface area (Å²) in [6.45, 7) is 2.09. The fourth-order valence-electron chi connectivity index (χ4n) is 1.38. The normalized spacial score (nSPS) is 11.9. The molecule has 0 saturated carbocycles. The molecule has 1 rings (SSSR count). The van der Waals surface area contributed by atoms with Gasteiger partial charge in [-0.15, -0.1) is 5.75 Å². The first kappa shape index (κ1) is 15.5. The summed E-state index contributed by atoms with van der Waals surface area (Å²) in [5.74, 6) is 0.452. The maximum absolute atomic E-state index is 9.28. The van der Waals surface area contributed by atoms with Crippen LogP contribution in [0.5, 0.6) is 0 Å². The van der Waals surface area contributed by atoms with E-state index in [2.05, 4.69) is 31.2 Å². The van der Waals surface area contributed by atoms with E-state index in [1.54, 1.807) is 0 Å². The van der Waals surface area contributed by atoms with Crippen molar-refractivity contribution < 1.29 is 34.7 Å². The van der Waals surface area contributed by atoms with Crippen molar-refractivity contribution in [3.63, 3.8) is 0 Å². The Kier molecular flexibility index (Phi) is 8.96. The number of benzene rings is 1. The first-order valence-electron chi connectivity index (χ1n) is 5.04. The zero-order valence-corrected chi connectivity index (χ0v) is 12.4. The van der Waals surface area contributed by atoms with Crippen LogP contribution in [0.4, 0.5) is 0 Å². The molecule has 78 valence electrons. The second-order valence-electron chi connectivity index (χ2n) is 3.70. The Morgan fingerprint density at radius 1 is 1.27 bits per heavy atom. The molecule has 1 aromatic carbocycles. The van der Waals surface area contributed by atoms with Crippen molar-refractivity contribution in [2.24, 2.45) is 0 Å². The molecule has 1 aromatic rings. The Balaban J connectivity index is 0.00000196. The summed E-state index contributed by atoms with van der Waals surface area (Å²) < 4.78 is 0. The molecule has 0 saturated heterocycles.